The first kappa shape index (κ1) is 27.9. The molecule has 0 heterocycles. The Morgan fingerprint density at radius 3 is 1.93 bits per heavy atom. The predicted molar refractivity (Wildman–Crippen MR) is 177 cm³/mol. The highest BCUT2D eigenvalue weighted by Crippen LogP contribution is 2.41. The fraction of sp³-hybridized carbons (Fsp3) is 0.150. The third kappa shape index (κ3) is 6.42. The fourth-order valence-corrected chi connectivity index (χ4v) is 5.73. The third-order valence-electron chi connectivity index (χ3n) is 7.91. The molecule has 0 spiro atoms. The zero-order valence-corrected chi connectivity index (χ0v) is 24.6. The first-order valence-corrected chi connectivity index (χ1v) is 14.4. The van der Waals surface area contributed by atoms with E-state index in [4.69, 9.17) is 0 Å². The van der Waals surface area contributed by atoms with E-state index in [-0.39, 0.29) is 6.04 Å². The summed E-state index contributed by atoms with van der Waals surface area (Å²) in [5.74, 6) is 0. The van der Waals surface area contributed by atoms with Crippen LogP contribution in [0, 0.1) is 13.8 Å². The van der Waals surface area contributed by atoms with Crippen LogP contribution in [0.4, 0.5) is 0 Å². The highest BCUT2D eigenvalue weighted by molar-refractivity contribution is 5.83. The lowest BCUT2D eigenvalue weighted by Gasteiger charge is -2.18. The Morgan fingerprint density at radius 2 is 1.24 bits per heavy atom. The van der Waals surface area contributed by atoms with Gasteiger partial charge in [-0.25, -0.2) is 0 Å². The number of hydrogen-bond acceptors (Lipinski definition) is 1. The summed E-state index contributed by atoms with van der Waals surface area (Å²) in [6.45, 7) is 12.6. The van der Waals surface area contributed by atoms with Gasteiger partial charge in [-0.3, -0.25) is 0 Å². The van der Waals surface area contributed by atoms with Crippen LogP contribution in [-0.4, -0.2) is 0 Å². The maximum atomic E-state index is 3.96. The summed E-state index contributed by atoms with van der Waals surface area (Å²) in [5.41, 5.74) is 16.0. The first-order chi connectivity index (χ1) is 19.9. The average molecular weight is 534 g/mol. The van der Waals surface area contributed by atoms with Crippen LogP contribution in [0.5, 0.6) is 0 Å². The van der Waals surface area contributed by atoms with E-state index in [0.717, 1.165) is 12.1 Å². The number of benzene rings is 5. The summed E-state index contributed by atoms with van der Waals surface area (Å²) < 4.78 is 0. The van der Waals surface area contributed by atoms with Crippen molar-refractivity contribution in [1.29, 1.82) is 0 Å². The standard InChI is InChI=1S/C21H18.C19H21N/c1-14-7-3-5-9-17(14)18-11-12-20-19-10-6-4-8-16(19)13-21(20)15(18)2;1-15(2)20-19(18-12-8-5-9-13-18)14-16(3)17-10-6-4-7-11-17/h3-12H,13H2,1-2H3;4-14,19-20H,1H2,2-3H3/b;16-14+. The number of hydrogen-bond donors (Lipinski definition) is 1. The molecule has 0 saturated heterocycles. The van der Waals surface area contributed by atoms with Crippen molar-refractivity contribution in [2.45, 2.75) is 40.2 Å². The minimum atomic E-state index is 0.147. The van der Waals surface area contributed by atoms with Crippen LogP contribution < -0.4 is 5.32 Å². The van der Waals surface area contributed by atoms with E-state index >= 15 is 0 Å². The predicted octanol–water partition coefficient (Wildman–Crippen LogP) is 10.5. The lowest BCUT2D eigenvalue weighted by Crippen LogP contribution is -2.17. The smallest absolute Gasteiger partial charge is 0.0700 e. The zero-order chi connectivity index (χ0) is 28.8. The van der Waals surface area contributed by atoms with E-state index in [0.29, 0.717) is 0 Å². The summed E-state index contributed by atoms with van der Waals surface area (Å²) in [6, 6.07) is 43.0. The van der Waals surface area contributed by atoms with Crippen LogP contribution in [0.2, 0.25) is 0 Å². The molecule has 0 fully saturated rings. The van der Waals surface area contributed by atoms with Crippen LogP contribution in [0.1, 0.15) is 53.3 Å². The van der Waals surface area contributed by atoms with Gasteiger partial charge in [-0.1, -0.05) is 134 Å². The van der Waals surface area contributed by atoms with Crippen LogP contribution in [-0.2, 0) is 6.42 Å². The van der Waals surface area contributed by atoms with Crippen LogP contribution >= 0.6 is 0 Å². The van der Waals surface area contributed by atoms with Crippen molar-refractivity contribution >= 4 is 5.57 Å². The van der Waals surface area contributed by atoms with Gasteiger partial charge >= 0.3 is 0 Å². The average Bonchev–Trinajstić information content (AvgIpc) is 3.38. The minimum absolute atomic E-state index is 0.147. The Morgan fingerprint density at radius 1 is 0.659 bits per heavy atom. The summed E-state index contributed by atoms with van der Waals surface area (Å²) in [5, 5.41) is 3.43. The van der Waals surface area contributed by atoms with Gasteiger partial charge in [0.15, 0.2) is 0 Å². The molecule has 41 heavy (non-hydrogen) atoms. The number of fused-ring (bicyclic) bond motifs is 3. The molecule has 0 amide bonds. The van der Waals surface area contributed by atoms with Crippen LogP contribution in [0.15, 0.2) is 140 Å². The van der Waals surface area contributed by atoms with Gasteiger partial charge in [0, 0.05) is 5.70 Å². The second-order valence-corrected chi connectivity index (χ2v) is 10.9. The summed E-state index contributed by atoms with van der Waals surface area (Å²) in [7, 11) is 0. The van der Waals surface area contributed by atoms with Gasteiger partial charge in [-0.2, -0.15) is 0 Å². The molecule has 1 atom stereocenters. The van der Waals surface area contributed by atoms with Gasteiger partial charge < -0.3 is 5.32 Å². The van der Waals surface area contributed by atoms with Gasteiger partial charge in [0.1, 0.15) is 0 Å². The van der Waals surface area contributed by atoms with Gasteiger partial charge in [-0.05, 0) is 95.3 Å². The first-order valence-electron chi connectivity index (χ1n) is 14.4. The molecule has 1 aliphatic rings. The number of nitrogens with one attached hydrogen (secondary N) is 1. The zero-order valence-electron chi connectivity index (χ0n) is 24.6. The Hall–Kier alpha value is -4.62. The molecule has 5 aromatic rings. The van der Waals surface area contributed by atoms with E-state index in [2.05, 4.69) is 148 Å². The van der Waals surface area contributed by atoms with Crippen LogP contribution in [0.3, 0.4) is 0 Å². The van der Waals surface area contributed by atoms with E-state index in [1.807, 2.05) is 19.1 Å². The van der Waals surface area contributed by atoms with Gasteiger partial charge in [0.25, 0.3) is 0 Å². The number of allylic oxidation sites excluding steroid dienone is 2. The maximum Gasteiger partial charge on any atom is 0.0700 e. The second kappa shape index (κ2) is 12.7. The monoisotopic (exact) mass is 533 g/mol. The summed E-state index contributed by atoms with van der Waals surface area (Å²) in [6.07, 6.45) is 3.32. The Kier molecular flexibility index (Phi) is 8.65. The molecule has 1 aliphatic carbocycles. The normalized spacial score (nSPS) is 12.4. The highest BCUT2D eigenvalue weighted by Gasteiger charge is 2.21. The van der Waals surface area contributed by atoms with Gasteiger partial charge in [0.2, 0.25) is 0 Å². The molecular formula is C40H39N. The topological polar surface area (TPSA) is 12.0 Å². The molecule has 5 aromatic carbocycles. The van der Waals surface area contributed by atoms with E-state index < -0.39 is 0 Å². The molecule has 1 N–H and O–H groups in total. The van der Waals surface area contributed by atoms with E-state index in [1.165, 1.54) is 61.2 Å². The molecular weight excluding hydrogens is 494 g/mol. The number of rotatable bonds is 6. The maximum absolute atomic E-state index is 3.96. The molecule has 0 saturated carbocycles. The molecule has 0 aliphatic heterocycles. The van der Waals surface area contributed by atoms with Crippen LogP contribution in [0.25, 0.3) is 27.8 Å². The third-order valence-corrected chi connectivity index (χ3v) is 7.91. The molecule has 1 heteroatoms. The van der Waals surface area contributed by atoms with E-state index in [1.54, 1.807) is 0 Å². The summed E-state index contributed by atoms with van der Waals surface area (Å²) in [4.78, 5) is 0. The molecule has 204 valence electrons. The van der Waals surface area contributed by atoms with Crippen molar-refractivity contribution in [2.75, 3.05) is 0 Å². The Labute approximate surface area is 245 Å². The molecule has 1 unspecified atom stereocenters. The highest BCUT2D eigenvalue weighted by atomic mass is 14.9. The van der Waals surface area contributed by atoms with Crippen molar-refractivity contribution in [1.82, 2.24) is 5.32 Å². The molecule has 0 bridgehead atoms. The largest absolute Gasteiger partial charge is 0.379 e. The molecule has 0 aromatic heterocycles. The summed E-state index contributed by atoms with van der Waals surface area (Å²) >= 11 is 0. The SMILES string of the molecule is C=C(C)NC(/C=C(\C)c1ccccc1)c1ccccc1.Cc1ccccc1-c1ccc2c(c1C)Cc1ccccc1-2. The van der Waals surface area contributed by atoms with E-state index in [9.17, 15) is 0 Å². The van der Waals surface area contributed by atoms with Crippen molar-refractivity contribution in [3.8, 4) is 22.3 Å². The van der Waals surface area contributed by atoms with Gasteiger partial charge in [-0.15, -0.1) is 0 Å². The quantitative estimate of drug-likeness (QED) is 0.224. The van der Waals surface area contributed by atoms with Crippen molar-refractivity contribution in [2.24, 2.45) is 0 Å². The Bertz CT molecular complexity index is 1680. The second-order valence-electron chi connectivity index (χ2n) is 10.9. The number of aryl methyl sites for hydroxylation is 1. The lowest BCUT2D eigenvalue weighted by atomic mass is 9.91. The van der Waals surface area contributed by atoms with Gasteiger partial charge in [0.05, 0.1) is 6.04 Å². The van der Waals surface area contributed by atoms with Crippen molar-refractivity contribution in [3.05, 3.63) is 173 Å². The van der Waals surface area contributed by atoms with Crippen molar-refractivity contribution < 1.29 is 0 Å². The Balaban J connectivity index is 0.000000165. The molecule has 6 rings (SSSR count). The minimum Gasteiger partial charge on any atom is -0.379 e. The van der Waals surface area contributed by atoms with Crippen molar-refractivity contribution in [3.63, 3.8) is 0 Å². The lowest BCUT2D eigenvalue weighted by molar-refractivity contribution is 0.718. The molecule has 1 nitrogen and oxygen atoms in total. The molecule has 0 radical (unpaired) electrons. The fourth-order valence-electron chi connectivity index (χ4n) is 5.73.